The van der Waals surface area contributed by atoms with Gasteiger partial charge in [-0.15, -0.1) is 0 Å². The SMILES string of the molecule is Cc1c(N(O)Sc2ccccc2)sc(N)c1C(N)=O. The van der Waals surface area contributed by atoms with Crippen molar-refractivity contribution in [2.45, 2.75) is 11.8 Å². The highest BCUT2D eigenvalue weighted by Crippen LogP contribution is 2.40. The number of primary amides is 1. The Kier molecular flexibility index (Phi) is 3.98. The van der Waals surface area contributed by atoms with Gasteiger partial charge in [0.15, 0.2) is 0 Å². The molecular formula is C12H13N3O2S2. The van der Waals surface area contributed by atoms with E-state index < -0.39 is 5.91 Å². The second-order valence-electron chi connectivity index (χ2n) is 3.81. The van der Waals surface area contributed by atoms with Crippen LogP contribution >= 0.6 is 23.3 Å². The number of hydrogen-bond donors (Lipinski definition) is 3. The zero-order valence-corrected chi connectivity index (χ0v) is 11.8. The summed E-state index contributed by atoms with van der Waals surface area (Å²) in [5.41, 5.74) is 11.9. The maximum absolute atomic E-state index is 11.3. The third-order valence-corrected chi connectivity index (χ3v) is 4.55. The molecule has 1 aromatic carbocycles. The predicted molar refractivity (Wildman–Crippen MR) is 78.6 cm³/mol. The zero-order valence-electron chi connectivity index (χ0n) is 10.2. The Hall–Kier alpha value is -1.70. The summed E-state index contributed by atoms with van der Waals surface area (Å²) in [4.78, 5) is 12.2. The topological polar surface area (TPSA) is 92.6 Å². The van der Waals surface area contributed by atoms with Crippen LogP contribution in [0.1, 0.15) is 15.9 Å². The molecule has 0 radical (unpaired) electrons. The minimum absolute atomic E-state index is 0.271. The fourth-order valence-corrected chi connectivity index (χ4v) is 3.45. The van der Waals surface area contributed by atoms with Crippen molar-refractivity contribution in [2.24, 2.45) is 5.73 Å². The maximum Gasteiger partial charge on any atom is 0.252 e. The Balaban J connectivity index is 2.27. The lowest BCUT2D eigenvalue weighted by molar-refractivity contribution is 0.100. The largest absolute Gasteiger partial charge is 0.390 e. The second-order valence-corrected chi connectivity index (χ2v) is 5.84. The maximum atomic E-state index is 11.3. The van der Waals surface area contributed by atoms with Gasteiger partial charge in [0, 0.05) is 22.4 Å². The molecule has 0 saturated heterocycles. The van der Waals surface area contributed by atoms with Gasteiger partial charge >= 0.3 is 0 Å². The lowest BCUT2D eigenvalue weighted by Gasteiger charge is -2.14. The third kappa shape index (κ3) is 2.83. The van der Waals surface area contributed by atoms with Gasteiger partial charge in [0.25, 0.3) is 5.91 Å². The number of carbonyl (C=O) groups is 1. The van der Waals surface area contributed by atoms with E-state index in [-0.39, 0.29) is 5.56 Å². The van der Waals surface area contributed by atoms with Crippen LogP contribution in [0, 0.1) is 6.92 Å². The average molecular weight is 295 g/mol. The molecule has 1 heterocycles. The first kappa shape index (κ1) is 13.7. The fourth-order valence-electron chi connectivity index (χ4n) is 1.63. The summed E-state index contributed by atoms with van der Waals surface area (Å²) in [6.07, 6.45) is 0. The smallest absolute Gasteiger partial charge is 0.252 e. The number of nitrogen functional groups attached to an aromatic ring is 1. The molecule has 0 aliphatic rings. The Morgan fingerprint density at radius 2 is 2.00 bits per heavy atom. The highest BCUT2D eigenvalue weighted by Gasteiger charge is 2.21. The van der Waals surface area contributed by atoms with Crippen molar-refractivity contribution in [2.75, 3.05) is 10.2 Å². The van der Waals surface area contributed by atoms with Gasteiger partial charge in [-0.05, 0) is 19.1 Å². The number of amides is 1. The number of thiophene rings is 1. The van der Waals surface area contributed by atoms with E-state index in [4.69, 9.17) is 11.5 Å². The Labute approximate surface area is 118 Å². The first-order valence-corrected chi connectivity index (χ1v) is 7.00. The standard InChI is InChI=1S/C12H13N3O2S2/c1-7-9(10(13)16)11(14)18-12(7)15(17)19-8-5-3-2-4-6-8/h2-6,17H,14H2,1H3,(H2,13,16). The first-order chi connectivity index (χ1) is 9.00. The summed E-state index contributed by atoms with van der Waals surface area (Å²) in [5.74, 6) is -0.587. The molecule has 0 bridgehead atoms. The van der Waals surface area contributed by atoms with Gasteiger partial charge < -0.3 is 11.5 Å². The molecule has 1 aromatic heterocycles. The number of benzene rings is 1. The number of hydrogen-bond acceptors (Lipinski definition) is 6. The van der Waals surface area contributed by atoms with Crippen LogP contribution in [0.4, 0.5) is 10.0 Å². The van der Waals surface area contributed by atoms with Gasteiger partial charge in [-0.3, -0.25) is 10.0 Å². The zero-order chi connectivity index (χ0) is 14.0. The van der Waals surface area contributed by atoms with Crippen LogP contribution in [-0.4, -0.2) is 11.1 Å². The van der Waals surface area contributed by atoms with Crippen LogP contribution in [-0.2, 0) is 0 Å². The molecule has 100 valence electrons. The van der Waals surface area contributed by atoms with E-state index in [1.165, 1.54) is 0 Å². The molecule has 19 heavy (non-hydrogen) atoms. The molecule has 0 aliphatic carbocycles. The van der Waals surface area contributed by atoms with Crippen molar-refractivity contribution in [1.29, 1.82) is 0 Å². The van der Waals surface area contributed by atoms with Crippen molar-refractivity contribution in [3.63, 3.8) is 0 Å². The quantitative estimate of drug-likeness (QED) is 0.595. The van der Waals surface area contributed by atoms with Gasteiger partial charge in [-0.25, -0.2) is 0 Å². The normalized spacial score (nSPS) is 10.4. The number of nitrogens with two attached hydrogens (primary N) is 2. The molecule has 2 rings (SSSR count). The minimum Gasteiger partial charge on any atom is -0.390 e. The van der Waals surface area contributed by atoms with E-state index in [1.54, 1.807) is 6.92 Å². The van der Waals surface area contributed by atoms with Crippen LogP contribution < -0.4 is 15.9 Å². The van der Waals surface area contributed by atoms with Crippen LogP contribution in [0.2, 0.25) is 0 Å². The number of carbonyl (C=O) groups excluding carboxylic acids is 1. The third-order valence-electron chi connectivity index (χ3n) is 2.50. The van der Waals surface area contributed by atoms with E-state index in [1.807, 2.05) is 30.3 Å². The van der Waals surface area contributed by atoms with E-state index >= 15 is 0 Å². The molecule has 0 atom stereocenters. The molecule has 5 nitrogen and oxygen atoms in total. The highest BCUT2D eigenvalue weighted by molar-refractivity contribution is 8.00. The van der Waals surface area contributed by atoms with Crippen molar-refractivity contribution < 1.29 is 10.0 Å². The summed E-state index contributed by atoms with van der Waals surface area (Å²) < 4.78 is 0.998. The molecule has 0 fully saturated rings. The van der Waals surface area contributed by atoms with Gasteiger partial charge in [0.05, 0.1) is 5.56 Å². The van der Waals surface area contributed by atoms with Crippen LogP contribution in [0.3, 0.4) is 0 Å². The molecular weight excluding hydrogens is 282 g/mol. The lowest BCUT2D eigenvalue weighted by Crippen LogP contribution is -2.14. The average Bonchev–Trinajstić information content (AvgIpc) is 2.66. The van der Waals surface area contributed by atoms with Crippen molar-refractivity contribution in [1.82, 2.24) is 0 Å². The molecule has 0 unspecified atom stereocenters. The Morgan fingerprint density at radius 1 is 1.37 bits per heavy atom. The van der Waals surface area contributed by atoms with Crippen LogP contribution in [0.5, 0.6) is 0 Å². The number of nitrogens with zero attached hydrogens (tertiary/aromatic N) is 1. The first-order valence-electron chi connectivity index (χ1n) is 5.41. The van der Waals surface area contributed by atoms with E-state index in [2.05, 4.69) is 0 Å². The molecule has 5 N–H and O–H groups in total. The number of anilines is 2. The second kappa shape index (κ2) is 5.52. The molecule has 1 amide bonds. The van der Waals surface area contributed by atoms with Gasteiger partial charge in [0.2, 0.25) is 0 Å². The summed E-state index contributed by atoms with van der Waals surface area (Å²) in [5, 5.41) is 10.9. The molecule has 0 aliphatic heterocycles. The summed E-state index contributed by atoms with van der Waals surface area (Å²) in [6, 6.07) is 9.39. The van der Waals surface area contributed by atoms with Gasteiger partial charge in [0.1, 0.15) is 10.0 Å². The van der Waals surface area contributed by atoms with Crippen molar-refractivity contribution in [3.8, 4) is 0 Å². The van der Waals surface area contributed by atoms with Crippen LogP contribution in [0.25, 0.3) is 0 Å². The van der Waals surface area contributed by atoms with E-state index in [9.17, 15) is 10.0 Å². The predicted octanol–water partition coefficient (Wildman–Crippen LogP) is 2.64. The lowest BCUT2D eigenvalue weighted by atomic mass is 10.2. The minimum atomic E-state index is -0.587. The van der Waals surface area contributed by atoms with E-state index in [0.29, 0.717) is 15.6 Å². The molecule has 2 aromatic rings. The molecule has 0 spiro atoms. The number of rotatable bonds is 4. The molecule has 0 saturated carbocycles. The van der Waals surface area contributed by atoms with E-state index in [0.717, 1.165) is 32.6 Å². The molecule has 7 heteroatoms. The highest BCUT2D eigenvalue weighted by atomic mass is 32.2. The summed E-state index contributed by atoms with van der Waals surface area (Å²) >= 11 is 2.26. The Morgan fingerprint density at radius 3 is 2.53 bits per heavy atom. The monoisotopic (exact) mass is 295 g/mol. The van der Waals surface area contributed by atoms with Crippen molar-refractivity contribution in [3.05, 3.63) is 41.5 Å². The van der Waals surface area contributed by atoms with Crippen LogP contribution in [0.15, 0.2) is 35.2 Å². The Bertz CT molecular complexity index is 599. The van der Waals surface area contributed by atoms with Crippen molar-refractivity contribution >= 4 is 39.2 Å². The van der Waals surface area contributed by atoms with Gasteiger partial charge in [-0.2, -0.15) is 4.47 Å². The summed E-state index contributed by atoms with van der Waals surface area (Å²) in [6.45, 7) is 1.71. The fraction of sp³-hybridized carbons (Fsp3) is 0.0833. The summed E-state index contributed by atoms with van der Waals surface area (Å²) in [7, 11) is 0. The van der Waals surface area contributed by atoms with Gasteiger partial charge in [-0.1, -0.05) is 29.5 Å².